The van der Waals surface area contributed by atoms with Crippen LogP contribution in [0.2, 0.25) is 0 Å². The molecule has 0 atom stereocenters. The minimum Gasteiger partial charge on any atom is -0.352 e. The number of amides is 1. The van der Waals surface area contributed by atoms with Gasteiger partial charge in [-0.15, -0.1) is 0 Å². The van der Waals surface area contributed by atoms with E-state index in [1.54, 1.807) is 0 Å². The molecule has 3 rings (SSSR count). The number of nitrogens with one attached hydrogen (secondary N) is 1. The zero-order chi connectivity index (χ0) is 17.1. The summed E-state index contributed by atoms with van der Waals surface area (Å²) in [6, 6.07) is 1.98. The van der Waals surface area contributed by atoms with Crippen molar-refractivity contribution < 1.29 is 4.79 Å². The Labute approximate surface area is 139 Å². The topological polar surface area (TPSA) is 96.9 Å². The van der Waals surface area contributed by atoms with E-state index in [1.807, 2.05) is 6.07 Å². The highest BCUT2D eigenvalue weighted by atomic mass is 16.2. The third-order valence-electron chi connectivity index (χ3n) is 4.78. The maximum Gasteiger partial charge on any atom is 0.331 e. The molecule has 2 fully saturated rings. The van der Waals surface area contributed by atoms with Crippen molar-refractivity contribution >= 4 is 5.91 Å². The van der Waals surface area contributed by atoms with Crippen molar-refractivity contribution in [2.75, 3.05) is 0 Å². The summed E-state index contributed by atoms with van der Waals surface area (Å²) in [6.07, 6.45) is 9.45. The van der Waals surface area contributed by atoms with Crippen molar-refractivity contribution in [2.24, 2.45) is 0 Å². The predicted molar refractivity (Wildman–Crippen MR) is 87.6 cm³/mol. The van der Waals surface area contributed by atoms with Gasteiger partial charge in [-0.25, -0.2) is 9.36 Å². The summed E-state index contributed by atoms with van der Waals surface area (Å²) in [5.74, 6) is -0.335. The van der Waals surface area contributed by atoms with Gasteiger partial charge in [-0.05, 0) is 25.7 Å². The lowest BCUT2D eigenvalue weighted by Gasteiger charge is -2.17. The van der Waals surface area contributed by atoms with Crippen LogP contribution in [-0.4, -0.2) is 21.1 Å². The van der Waals surface area contributed by atoms with E-state index in [-0.39, 0.29) is 30.1 Å². The van der Waals surface area contributed by atoms with Gasteiger partial charge in [0.15, 0.2) is 0 Å². The Morgan fingerprint density at radius 2 is 1.83 bits per heavy atom. The number of carbonyl (C=O) groups excluding carboxylic acids is 1. The van der Waals surface area contributed by atoms with Crippen molar-refractivity contribution in [1.29, 1.82) is 5.26 Å². The molecule has 1 N–H and O–H groups in total. The first-order valence-electron chi connectivity index (χ1n) is 8.65. The normalized spacial score (nSPS) is 18.6. The highest BCUT2D eigenvalue weighted by molar-refractivity contribution is 5.76. The molecule has 7 nitrogen and oxygen atoms in total. The molecule has 2 saturated carbocycles. The molecule has 0 unspecified atom stereocenters. The second-order valence-electron chi connectivity index (χ2n) is 6.72. The Morgan fingerprint density at radius 3 is 2.42 bits per heavy atom. The van der Waals surface area contributed by atoms with Crippen LogP contribution in [0.1, 0.15) is 63.0 Å². The van der Waals surface area contributed by atoms with E-state index >= 15 is 0 Å². The van der Waals surface area contributed by atoms with Crippen molar-refractivity contribution in [3.8, 4) is 6.07 Å². The summed E-state index contributed by atoms with van der Waals surface area (Å²) in [4.78, 5) is 37.0. The standard InChI is InChI=1S/C17H22N4O3/c18-9-12-10-20(14-7-8-14)17(24)21(16(12)23)11-15(22)19-13-5-3-1-2-4-6-13/h10,13-14H,1-8,11H2,(H,19,22). The molecular weight excluding hydrogens is 308 g/mol. The Hall–Kier alpha value is -2.36. The molecule has 7 heteroatoms. The van der Waals surface area contributed by atoms with E-state index in [9.17, 15) is 14.4 Å². The molecule has 1 amide bonds. The number of hydrogen-bond donors (Lipinski definition) is 1. The van der Waals surface area contributed by atoms with Gasteiger partial charge in [0.2, 0.25) is 5.91 Å². The number of rotatable bonds is 4. The van der Waals surface area contributed by atoms with Gasteiger partial charge in [-0.1, -0.05) is 25.7 Å². The van der Waals surface area contributed by atoms with Crippen LogP contribution in [0, 0.1) is 11.3 Å². The minimum atomic E-state index is -0.685. The minimum absolute atomic E-state index is 0.0429. The van der Waals surface area contributed by atoms with E-state index in [1.165, 1.54) is 23.6 Å². The van der Waals surface area contributed by atoms with Gasteiger partial charge in [-0.3, -0.25) is 14.2 Å². The molecule has 24 heavy (non-hydrogen) atoms. The third-order valence-corrected chi connectivity index (χ3v) is 4.78. The first-order chi connectivity index (χ1) is 11.6. The molecule has 0 spiro atoms. The summed E-state index contributed by atoms with van der Waals surface area (Å²) in [5.41, 5.74) is -1.28. The van der Waals surface area contributed by atoms with Gasteiger partial charge in [0.1, 0.15) is 18.2 Å². The quantitative estimate of drug-likeness (QED) is 0.835. The molecular formula is C17H22N4O3. The average Bonchev–Trinajstić information content (AvgIpc) is 3.39. The van der Waals surface area contributed by atoms with Crippen LogP contribution in [-0.2, 0) is 11.3 Å². The van der Waals surface area contributed by atoms with Crippen LogP contribution < -0.4 is 16.6 Å². The largest absolute Gasteiger partial charge is 0.352 e. The number of nitrogens with zero attached hydrogens (tertiary/aromatic N) is 3. The van der Waals surface area contributed by atoms with Crippen molar-refractivity contribution in [1.82, 2.24) is 14.5 Å². The Kier molecular flexibility index (Phi) is 4.84. The Balaban J connectivity index is 1.80. The maximum atomic E-state index is 12.5. The molecule has 1 heterocycles. The van der Waals surface area contributed by atoms with Crippen LogP contribution in [0.15, 0.2) is 15.8 Å². The molecule has 1 aromatic rings. The van der Waals surface area contributed by atoms with Gasteiger partial charge in [0.05, 0.1) is 0 Å². The van der Waals surface area contributed by atoms with Gasteiger partial charge >= 0.3 is 5.69 Å². The van der Waals surface area contributed by atoms with Crippen LogP contribution >= 0.6 is 0 Å². The van der Waals surface area contributed by atoms with E-state index < -0.39 is 11.2 Å². The van der Waals surface area contributed by atoms with E-state index in [0.29, 0.717) is 0 Å². The summed E-state index contributed by atoms with van der Waals surface area (Å²) in [5, 5.41) is 12.0. The van der Waals surface area contributed by atoms with E-state index in [0.717, 1.165) is 43.1 Å². The fourth-order valence-electron chi connectivity index (χ4n) is 3.29. The lowest BCUT2D eigenvalue weighted by molar-refractivity contribution is -0.122. The molecule has 1 aromatic heterocycles. The molecule has 0 saturated heterocycles. The average molecular weight is 330 g/mol. The molecule has 0 radical (unpaired) electrons. The van der Waals surface area contributed by atoms with Gasteiger partial charge < -0.3 is 5.32 Å². The van der Waals surface area contributed by atoms with Gasteiger partial charge in [0, 0.05) is 18.3 Å². The van der Waals surface area contributed by atoms with Gasteiger partial charge in [-0.2, -0.15) is 5.26 Å². The Morgan fingerprint density at radius 1 is 1.17 bits per heavy atom. The van der Waals surface area contributed by atoms with Crippen LogP contribution in [0.3, 0.4) is 0 Å². The predicted octanol–water partition coefficient (Wildman–Crippen LogP) is 1.06. The highest BCUT2D eigenvalue weighted by Crippen LogP contribution is 2.33. The molecule has 0 aromatic carbocycles. The van der Waals surface area contributed by atoms with Crippen molar-refractivity contribution in [3.63, 3.8) is 0 Å². The van der Waals surface area contributed by atoms with Crippen LogP contribution in [0.5, 0.6) is 0 Å². The highest BCUT2D eigenvalue weighted by Gasteiger charge is 2.27. The lowest BCUT2D eigenvalue weighted by atomic mass is 10.1. The number of hydrogen-bond acceptors (Lipinski definition) is 4. The third kappa shape index (κ3) is 3.58. The monoisotopic (exact) mass is 330 g/mol. The number of carbonyl (C=O) groups is 1. The SMILES string of the molecule is N#Cc1cn(C2CC2)c(=O)n(CC(=O)NC2CCCCCC2)c1=O. The molecule has 2 aliphatic rings. The van der Waals surface area contributed by atoms with Crippen LogP contribution in [0.25, 0.3) is 0 Å². The number of aromatic nitrogens is 2. The first kappa shape index (κ1) is 16.5. The zero-order valence-corrected chi connectivity index (χ0v) is 13.7. The maximum absolute atomic E-state index is 12.5. The molecule has 2 aliphatic carbocycles. The van der Waals surface area contributed by atoms with Crippen LogP contribution in [0.4, 0.5) is 0 Å². The fraction of sp³-hybridized carbons (Fsp3) is 0.647. The van der Waals surface area contributed by atoms with E-state index in [2.05, 4.69) is 5.32 Å². The zero-order valence-electron chi connectivity index (χ0n) is 13.7. The first-order valence-corrected chi connectivity index (χ1v) is 8.65. The second kappa shape index (κ2) is 7.04. The molecule has 128 valence electrons. The number of nitriles is 1. The summed E-state index contributed by atoms with van der Waals surface area (Å²) in [7, 11) is 0. The summed E-state index contributed by atoms with van der Waals surface area (Å²) in [6.45, 7) is -0.323. The molecule has 0 aliphatic heterocycles. The van der Waals surface area contributed by atoms with Crippen molar-refractivity contribution in [3.05, 3.63) is 32.6 Å². The smallest absolute Gasteiger partial charge is 0.331 e. The van der Waals surface area contributed by atoms with Gasteiger partial charge in [0.25, 0.3) is 5.56 Å². The summed E-state index contributed by atoms with van der Waals surface area (Å²) >= 11 is 0. The van der Waals surface area contributed by atoms with Crippen molar-refractivity contribution in [2.45, 2.75) is 70.0 Å². The summed E-state index contributed by atoms with van der Waals surface area (Å²) < 4.78 is 2.31. The Bertz CT molecular complexity index is 774. The second-order valence-corrected chi connectivity index (χ2v) is 6.72. The lowest BCUT2D eigenvalue weighted by Crippen LogP contribution is -2.46. The molecule has 0 bridgehead atoms. The fourth-order valence-corrected chi connectivity index (χ4v) is 3.29. The van der Waals surface area contributed by atoms with E-state index in [4.69, 9.17) is 5.26 Å².